The molecule has 0 bridgehead atoms. The van der Waals surface area contributed by atoms with E-state index in [4.69, 9.17) is 17.3 Å². The van der Waals surface area contributed by atoms with E-state index in [1.54, 1.807) is 0 Å². The van der Waals surface area contributed by atoms with Gasteiger partial charge < -0.3 is 5.73 Å². The number of thioether (sulfide) groups is 1. The van der Waals surface area contributed by atoms with Gasteiger partial charge in [0.2, 0.25) is 0 Å². The number of hydrogen-bond donors (Lipinski definition) is 1. The van der Waals surface area contributed by atoms with Gasteiger partial charge in [-0.05, 0) is 29.4 Å². The molecule has 0 aliphatic heterocycles. The molecule has 0 aliphatic rings. The Morgan fingerprint density at radius 3 is 2.71 bits per heavy atom. The Kier molecular flexibility index (Phi) is 4.63. The Morgan fingerprint density at radius 2 is 2.14 bits per heavy atom. The zero-order valence-electron chi connectivity index (χ0n) is 8.59. The molecule has 14 heavy (non-hydrogen) atoms. The van der Waals surface area contributed by atoms with E-state index in [-0.39, 0.29) is 0 Å². The highest BCUT2D eigenvalue weighted by Crippen LogP contribution is 2.24. The van der Waals surface area contributed by atoms with Crippen LogP contribution in [0.5, 0.6) is 0 Å². The molecule has 0 unspecified atom stereocenters. The Hall–Kier alpha value is -0.340. The smallest absolute Gasteiger partial charge is 0.0466 e. The van der Waals surface area contributed by atoms with Crippen molar-refractivity contribution in [2.45, 2.75) is 19.6 Å². The second-order valence-electron chi connectivity index (χ2n) is 3.76. The molecule has 0 amide bonds. The van der Waals surface area contributed by atoms with Crippen LogP contribution in [0.25, 0.3) is 0 Å². The molecule has 78 valence electrons. The van der Waals surface area contributed by atoms with Crippen molar-refractivity contribution in [3.63, 3.8) is 0 Å². The van der Waals surface area contributed by atoms with Gasteiger partial charge >= 0.3 is 0 Å². The number of nitrogens with two attached hydrogens (primary N) is 1. The van der Waals surface area contributed by atoms with Crippen molar-refractivity contribution < 1.29 is 0 Å². The zero-order chi connectivity index (χ0) is 10.6. The molecule has 3 heteroatoms. The molecular formula is C11H16ClNS. The highest BCUT2D eigenvalue weighted by Gasteiger charge is 2.01. The fourth-order valence-electron chi connectivity index (χ4n) is 1.09. The van der Waals surface area contributed by atoms with Gasteiger partial charge in [0.1, 0.15) is 0 Å². The Morgan fingerprint density at radius 1 is 1.43 bits per heavy atom. The minimum absolute atomic E-state index is 0.729. The molecule has 0 spiro atoms. The van der Waals surface area contributed by atoms with Gasteiger partial charge in [-0.1, -0.05) is 31.5 Å². The summed E-state index contributed by atoms with van der Waals surface area (Å²) in [5, 5.41) is 0.779. The van der Waals surface area contributed by atoms with Crippen LogP contribution < -0.4 is 5.73 Å². The van der Waals surface area contributed by atoms with E-state index in [0.717, 1.165) is 22.4 Å². The first-order valence-electron chi connectivity index (χ1n) is 4.71. The Balaban J connectivity index is 2.51. The number of rotatable bonds is 4. The first kappa shape index (κ1) is 11.7. The molecule has 0 aromatic heterocycles. The van der Waals surface area contributed by atoms with Crippen LogP contribution in [0, 0.1) is 5.92 Å². The fraction of sp³-hybridized carbons (Fsp3) is 0.455. The molecule has 0 atom stereocenters. The average Bonchev–Trinajstić information content (AvgIpc) is 2.08. The quantitative estimate of drug-likeness (QED) is 0.795. The van der Waals surface area contributed by atoms with E-state index >= 15 is 0 Å². The standard InChI is InChI=1S/C11H16ClNS/c1-8(2)6-14-7-9-3-4-10(13)5-11(9)12/h3-5,8H,6-7,13H2,1-2H3. The molecular weight excluding hydrogens is 214 g/mol. The van der Waals surface area contributed by atoms with Gasteiger partial charge in [0.05, 0.1) is 0 Å². The predicted molar refractivity (Wildman–Crippen MR) is 66.9 cm³/mol. The highest BCUT2D eigenvalue weighted by atomic mass is 35.5. The predicted octanol–water partition coefficient (Wildman–Crippen LogP) is 3.81. The summed E-state index contributed by atoms with van der Waals surface area (Å²) >= 11 is 7.96. The third kappa shape index (κ3) is 3.81. The van der Waals surface area contributed by atoms with E-state index in [1.807, 2.05) is 30.0 Å². The summed E-state index contributed by atoms with van der Waals surface area (Å²) in [7, 11) is 0. The van der Waals surface area contributed by atoms with Gasteiger partial charge in [-0.3, -0.25) is 0 Å². The Labute approximate surface area is 95.0 Å². The van der Waals surface area contributed by atoms with E-state index in [0.29, 0.717) is 0 Å². The first-order chi connectivity index (χ1) is 6.59. The van der Waals surface area contributed by atoms with Crippen LogP contribution in [0.4, 0.5) is 5.69 Å². The maximum Gasteiger partial charge on any atom is 0.0466 e. The number of hydrogen-bond acceptors (Lipinski definition) is 2. The number of benzene rings is 1. The SMILES string of the molecule is CC(C)CSCc1ccc(N)cc1Cl. The Bertz CT molecular complexity index is 299. The number of anilines is 1. The monoisotopic (exact) mass is 229 g/mol. The third-order valence-electron chi connectivity index (χ3n) is 1.79. The summed E-state index contributed by atoms with van der Waals surface area (Å²) in [6, 6.07) is 5.72. The maximum atomic E-state index is 6.05. The molecule has 1 rings (SSSR count). The van der Waals surface area contributed by atoms with Crippen molar-refractivity contribution in [2.24, 2.45) is 5.92 Å². The van der Waals surface area contributed by atoms with Crippen LogP contribution in [0.3, 0.4) is 0 Å². The molecule has 0 saturated heterocycles. The minimum Gasteiger partial charge on any atom is -0.399 e. The van der Waals surface area contributed by atoms with E-state index in [2.05, 4.69) is 13.8 Å². The van der Waals surface area contributed by atoms with Crippen LogP contribution in [-0.4, -0.2) is 5.75 Å². The lowest BCUT2D eigenvalue weighted by Crippen LogP contribution is -1.93. The van der Waals surface area contributed by atoms with Crippen molar-refractivity contribution in [3.8, 4) is 0 Å². The fourth-order valence-corrected chi connectivity index (χ4v) is 2.48. The van der Waals surface area contributed by atoms with Gasteiger partial charge in [-0.2, -0.15) is 11.8 Å². The van der Waals surface area contributed by atoms with E-state index in [9.17, 15) is 0 Å². The van der Waals surface area contributed by atoms with Crippen molar-refractivity contribution >= 4 is 29.1 Å². The average molecular weight is 230 g/mol. The second-order valence-corrected chi connectivity index (χ2v) is 5.20. The normalized spacial score (nSPS) is 10.9. The lowest BCUT2D eigenvalue weighted by atomic mass is 10.2. The summed E-state index contributed by atoms with van der Waals surface area (Å²) in [4.78, 5) is 0. The van der Waals surface area contributed by atoms with Crippen LogP contribution in [0.2, 0.25) is 5.02 Å². The van der Waals surface area contributed by atoms with Crippen LogP contribution in [0.1, 0.15) is 19.4 Å². The summed E-state index contributed by atoms with van der Waals surface area (Å²) < 4.78 is 0. The van der Waals surface area contributed by atoms with Crippen molar-refractivity contribution in [1.29, 1.82) is 0 Å². The third-order valence-corrected chi connectivity index (χ3v) is 3.56. The molecule has 0 aliphatic carbocycles. The summed E-state index contributed by atoms with van der Waals surface area (Å²) in [6.45, 7) is 4.44. The molecule has 0 radical (unpaired) electrons. The minimum atomic E-state index is 0.729. The zero-order valence-corrected chi connectivity index (χ0v) is 10.2. The first-order valence-corrected chi connectivity index (χ1v) is 6.24. The van der Waals surface area contributed by atoms with Crippen LogP contribution >= 0.6 is 23.4 Å². The van der Waals surface area contributed by atoms with Crippen LogP contribution in [0.15, 0.2) is 18.2 Å². The molecule has 1 nitrogen and oxygen atoms in total. The topological polar surface area (TPSA) is 26.0 Å². The van der Waals surface area contributed by atoms with Crippen LogP contribution in [-0.2, 0) is 5.75 Å². The molecule has 0 saturated carbocycles. The lowest BCUT2D eigenvalue weighted by molar-refractivity contribution is 0.750. The van der Waals surface area contributed by atoms with Gasteiger partial charge in [0.15, 0.2) is 0 Å². The largest absolute Gasteiger partial charge is 0.399 e. The number of halogens is 1. The highest BCUT2D eigenvalue weighted by molar-refractivity contribution is 7.98. The van der Waals surface area contributed by atoms with Gasteiger partial charge in [0.25, 0.3) is 0 Å². The van der Waals surface area contributed by atoms with Gasteiger partial charge in [-0.15, -0.1) is 0 Å². The second kappa shape index (κ2) is 5.52. The maximum absolute atomic E-state index is 6.05. The lowest BCUT2D eigenvalue weighted by Gasteiger charge is -2.06. The van der Waals surface area contributed by atoms with Crippen molar-refractivity contribution in [3.05, 3.63) is 28.8 Å². The van der Waals surface area contributed by atoms with Gasteiger partial charge in [0, 0.05) is 16.5 Å². The number of nitrogen functional groups attached to an aromatic ring is 1. The molecule has 0 fully saturated rings. The summed E-state index contributed by atoms with van der Waals surface area (Å²) in [5.74, 6) is 2.87. The molecule has 1 aromatic rings. The molecule has 1 aromatic carbocycles. The molecule has 2 N–H and O–H groups in total. The summed E-state index contributed by atoms with van der Waals surface area (Å²) in [6.07, 6.45) is 0. The summed E-state index contributed by atoms with van der Waals surface area (Å²) in [5.41, 5.74) is 7.52. The van der Waals surface area contributed by atoms with Crippen molar-refractivity contribution in [1.82, 2.24) is 0 Å². The van der Waals surface area contributed by atoms with Gasteiger partial charge in [-0.25, -0.2) is 0 Å². The molecule has 0 heterocycles. The van der Waals surface area contributed by atoms with Crippen molar-refractivity contribution in [2.75, 3.05) is 11.5 Å². The van der Waals surface area contributed by atoms with E-state index in [1.165, 1.54) is 11.3 Å². The van der Waals surface area contributed by atoms with E-state index < -0.39 is 0 Å².